The molecule has 0 radical (unpaired) electrons. The Labute approximate surface area is 122 Å². The van der Waals surface area contributed by atoms with Crippen LogP contribution in [-0.4, -0.2) is 34.0 Å². The minimum absolute atomic E-state index is 0.162. The number of carbonyl (C=O) groups is 1. The summed E-state index contributed by atoms with van der Waals surface area (Å²) in [4.78, 5) is 17.5. The van der Waals surface area contributed by atoms with E-state index in [0.717, 1.165) is 10.5 Å². The lowest BCUT2D eigenvalue weighted by Crippen LogP contribution is -2.30. The van der Waals surface area contributed by atoms with Gasteiger partial charge in [-0.3, -0.25) is 9.48 Å². The van der Waals surface area contributed by atoms with Crippen LogP contribution in [-0.2, 0) is 11.8 Å². The highest BCUT2D eigenvalue weighted by molar-refractivity contribution is 7.98. The first kappa shape index (κ1) is 14.5. The molecule has 7 heteroatoms. The second kappa shape index (κ2) is 6.53. The highest BCUT2D eigenvalue weighted by atomic mass is 32.2. The van der Waals surface area contributed by atoms with Crippen LogP contribution in [0.5, 0.6) is 0 Å². The van der Waals surface area contributed by atoms with Crippen LogP contribution in [0, 0.1) is 0 Å². The molecule has 106 valence electrons. The quantitative estimate of drug-likeness (QED) is 0.816. The van der Waals surface area contributed by atoms with Gasteiger partial charge in [-0.2, -0.15) is 5.10 Å². The minimum atomic E-state index is -0.453. The first-order valence-electron chi connectivity index (χ1n) is 6.10. The SMILES string of the molecule is CNC(C(=O)Nc1ccc(SC)cn1)c1cnn(C)c1. The first-order chi connectivity index (χ1) is 9.63. The summed E-state index contributed by atoms with van der Waals surface area (Å²) in [6.07, 6.45) is 7.20. The van der Waals surface area contributed by atoms with Gasteiger partial charge >= 0.3 is 0 Å². The van der Waals surface area contributed by atoms with Crippen molar-refractivity contribution in [2.24, 2.45) is 7.05 Å². The van der Waals surface area contributed by atoms with E-state index in [0.29, 0.717) is 5.82 Å². The smallest absolute Gasteiger partial charge is 0.247 e. The zero-order valence-electron chi connectivity index (χ0n) is 11.6. The molecule has 0 saturated heterocycles. The molecule has 2 aromatic heterocycles. The standard InChI is InChI=1S/C13H17N5OS/c1-14-12(9-6-16-18(2)8-9)13(19)17-11-5-4-10(20-3)7-15-11/h4-8,12,14H,1-3H3,(H,15,17,19). The molecule has 2 rings (SSSR count). The van der Waals surface area contributed by atoms with Crippen molar-refractivity contribution in [3.05, 3.63) is 36.3 Å². The molecule has 0 aliphatic carbocycles. The summed E-state index contributed by atoms with van der Waals surface area (Å²) < 4.78 is 1.67. The van der Waals surface area contributed by atoms with Gasteiger partial charge in [-0.1, -0.05) is 0 Å². The highest BCUT2D eigenvalue weighted by Crippen LogP contribution is 2.17. The Kier molecular flexibility index (Phi) is 4.75. The van der Waals surface area contributed by atoms with E-state index in [1.807, 2.05) is 25.6 Å². The first-order valence-corrected chi connectivity index (χ1v) is 7.33. The van der Waals surface area contributed by atoms with Crippen LogP contribution in [0.2, 0.25) is 0 Å². The van der Waals surface area contributed by atoms with Crippen LogP contribution in [0.15, 0.2) is 35.6 Å². The van der Waals surface area contributed by atoms with Crippen LogP contribution in [0.4, 0.5) is 5.82 Å². The molecule has 0 aliphatic rings. The van der Waals surface area contributed by atoms with Crippen LogP contribution < -0.4 is 10.6 Å². The lowest BCUT2D eigenvalue weighted by atomic mass is 10.1. The fourth-order valence-electron chi connectivity index (χ4n) is 1.81. The van der Waals surface area contributed by atoms with Gasteiger partial charge < -0.3 is 10.6 Å². The van der Waals surface area contributed by atoms with E-state index in [-0.39, 0.29) is 5.91 Å². The van der Waals surface area contributed by atoms with Crippen LogP contribution in [0.3, 0.4) is 0 Å². The Bertz CT molecular complexity index is 581. The van der Waals surface area contributed by atoms with E-state index in [2.05, 4.69) is 20.7 Å². The lowest BCUT2D eigenvalue weighted by Gasteiger charge is -2.14. The van der Waals surface area contributed by atoms with Crippen molar-refractivity contribution in [3.63, 3.8) is 0 Å². The van der Waals surface area contributed by atoms with Crippen molar-refractivity contribution in [1.82, 2.24) is 20.1 Å². The number of likely N-dealkylation sites (N-methyl/N-ethyl adjacent to an activating group) is 1. The lowest BCUT2D eigenvalue weighted by molar-refractivity contribution is -0.118. The van der Waals surface area contributed by atoms with E-state index >= 15 is 0 Å². The van der Waals surface area contributed by atoms with Gasteiger partial charge in [0.2, 0.25) is 5.91 Å². The van der Waals surface area contributed by atoms with Gasteiger partial charge in [0.1, 0.15) is 11.9 Å². The maximum absolute atomic E-state index is 12.3. The number of anilines is 1. The number of pyridine rings is 1. The topological polar surface area (TPSA) is 71.8 Å². The number of amides is 1. The molecule has 6 nitrogen and oxygen atoms in total. The van der Waals surface area contributed by atoms with Crippen molar-refractivity contribution < 1.29 is 4.79 Å². The third-order valence-corrected chi connectivity index (χ3v) is 3.55. The Balaban J connectivity index is 2.08. The van der Waals surface area contributed by atoms with E-state index in [1.165, 1.54) is 0 Å². The van der Waals surface area contributed by atoms with Crippen LogP contribution >= 0.6 is 11.8 Å². The monoisotopic (exact) mass is 291 g/mol. The Morgan fingerprint density at radius 3 is 2.70 bits per heavy atom. The van der Waals surface area contributed by atoms with Gasteiger partial charge in [0.25, 0.3) is 0 Å². The Morgan fingerprint density at radius 2 is 2.20 bits per heavy atom. The number of nitrogens with one attached hydrogen (secondary N) is 2. The molecule has 0 spiro atoms. The molecule has 0 saturated carbocycles. The summed E-state index contributed by atoms with van der Waals surface area (Å²) in [5.41, 5.74) is 0.813. The minimum Gasteiger partial charge on any atom is -0.309 e. The number of thioether (sulfide) groups is 1. The molecule has 0 fully saturated rings. The fraction of sp³-hybridized carbons (Fsp3) is 0.308. The average molecular weight is 291 g/mol. The van der Waals surface area contributed by atoms with E-state index in [9.17, 15) is 4.79 Å². The second-order valence-electron chi connectivity index (χ2n) is 4.24. The highest BCUT2D eigenvalue weighted by Gasteiger charge is 2.20. The van der Waals surface area contributed by atoms with Gasteiger partial charge in [0.15, 0.2) is 0 Å². The number of hydrogen-bond acceptors (Lipinski definition) is 5. The van der Waals surface area contributed by atoms with Gasteiger partial charge in [-0.05, 0) is 25.4 Å². The molecular formula is C13H17N5OS. The second-order valence-corrected chi connectivity index (χ2v) is 5.12. The molecule has 1 atom stereocenters. The third kappa shape index (κ3) is 3.37. The molecule has 2 heterocycles. The average Bonchev–Trinajstić information content (AvgIpc) is 2.87. The molecule has 1 unspecified atom stereocenters. The number of aromatic nitrogens is 3. The number of rotatable bonds is 5. The van der Waals surface area contributed by atoms with Gasteiger partial charge in [0, 0.05) is 29.9 Å². The number of hydrogen-bond donors (Lipinski definition) is 2. The summed E-state index contributed by atoms with van der Waals surface area (Å²) in [6.45, 7) is 0. The van der Waals surface area contributed by atoms with Gasteiger partial charge in [0.05, 0.1) is 6.20 Å². The Morgan fingerprint density at radius 1 is 1.40 bits per heavy atom. The van der Waals surface area contributed by atoms with Crippen molar-refractivity contribution in [3.8, 4) is 0 Å². The van der Waals surface area contributed by atoms with E-state index in [4.69, 9.17) is 0 Å². The Hall–Kier alpha value is -1.86. The summed E-state index contributed by atoms with van der Waals surface area (Å²) in [6, 6.07) is 3.26. The molecule has 0 aromatic carbocycles. The molecular weight excluding hydrogens is 274 g/mol. The maximum atomic E-state index is 12.3. The summed E-state index contributed by atoms with van der Waals surface area (Å²) in [5, 5.41) is 9.85. The predicted molar refractivity (Wildman–Crippen MR) is 79.7 cm³/mol. The number of nitrogens with zero attached hydrogens (tertiary/aromatic N) is 3. The van der Waals surface area contributed by atoms with Gasteiger partial charge in [-0.25, -0.2) is 4.98 Å². The van der Waals surface area contributed by atoms with E-state index < -0.39 is 6.04 Å². The zero-order valence-corrected chi connectivity index (χ0v) is 12.4. The van der Waals surface area contributed by atoms with Crippen molar-refractivity contribution >= 4 is 23.5 Å². The number of carbonyl (C=O) groups excluding carboxylic acids is 1. The number of aryl methyl sites for hydroxylation is 1. The zero-order chi connectivity index (χ0) is 14.5. The predicted octanol–water partition coefficient (Wildman–Crippen LogP) is 1.44. The molecule has 0 aliphatic heterocycles. The van der Waals surface area contributed by atoms with Crippen molar-refractivity contribution in [1.29, 1.82) is 0 Å². The summed E-state index contributed by atoms with van der Waals surface area (Å²) >= 11 is 1.61. The van der Waals surface area contributed by atoms with Crippen molar-refractivity contribution in [2.75, 3.05) is 18.6 Å². The maximum Gasteiger partial charge on any atom is 0.247 e. The molecule has 0 bridgehead atoms. The third-order valence-electron chi connectivity index (χ3n) is 2.83. The summed E-state index contributed by atoms with van der Waals surface area (Å²) in [5.74, 6) is 0.377. The van der Waals surface area contributed by atoms with Crippen LogP contribution in [0.25, 0.3) is 0 Å². The largest absolute Gasteiger partial charge is 0.309 e. The van der Waals surface area contributed by atoms with Crippen LogP contribution in [0.1, 0.15) is 11.6 Å². The van der Waals surface area contributed by atoms with Gasteiger partial charge in [-0.15, -0.1) is 11.8 Å². The molecule has 1 amide bonds. The fourth-order valence-corrected chi connectivity index (χ4v) is 2.17. The van der Waals surface area contributed by atoms with Crippen molar-refractivity contribution in [2.45, 2.75) is 10.9 Å². The molecule has 2 N–H and O–H groups in total. The normalized spacial score (nSPS) is 12.2. The molecule has 2 aromatic rings. The summed E-state index contributed by atoms with van der Waals surface area (Å²) in [7, 11) is 3.55. The van der Waals surface area contributed by atoms with E-state index in [1.54, 1.807) is 42.0 Å². The molecule has 20 heavy (non-hydrogen) atoms.